The van der Waals surface area contributed by atoms with Crippen LogP contribution in [0.3, 0.4) is 0 Å². The van der Waals surface area contributed by atoms with Crippen LogP contribution in [0.5, 0.6) is 5.75 Å². The van der Waals surface area contributed by atoms with Gasteiger partial charge in [-0.2, -0.15) is 0 Å². The first-order chi connectivity index (χ1) is 6.70. The van der Waals surface area contributed by atoms with Gasteiger partial charge in [-0.05, 0) is 17.5 Å². The summed E-state index contributed by atoms with van der Waals surface area (Å²) >= 11 is 0. The highest BCUT2D eigenvalue weighted by molar-refractivity contribution is 5.43. The summed E-state index contributed by atoms with van der Waals surface area (Å²) in [7, 11) is 0. The van der Waals surface area contributed by atoms with Gasteiger partial charge in [-0.3, -0.25) is 0 Å². The molecule has 0 radical (unpaired) electrons. The summed E-state index contributed by atoms with van der Waals surface area (Å²) in [5.41, 5.74) is 2.40. The Balaban J connectivity index is 2.47. The molecule has 2 N–H and O–H groups in total. The smallest absolute Gasteiger partial charge is 0.119 e. The topological polar surface area (TPSA) is 32.3 Å². The molecule has 1 unspecified atom stereocenters. The van der Waals surface area contributed by atoms with Crippen LogP contribution in [0.4, 0.5) is 0 Å². The molecule has 0 spiro atoms. The Morgan fingerprint density at radius 2 is 2.21 bits per heavy atom. The molecule has 1 aromatic rings. The Labute approximate surface area is 85.0 Å². The van der Waals surface area contributed by atoms with Crippen LogP contribution in [0.15, 0.2) is 18.2 Å². The lowest BCUT2D eigenvalue weighted by Gasteiger charge is -2.29. The molecule has 2 rings (SSSR count). The monoisotopic (exact) mass is 191 g/mol. The van der Waals surface area contributed by atoms with Gasteiger partial charge in [-0.25, -0.2) is 0 Å². The molecule has 14 heavy (non-hydrogen) atoms. The minimum atomic E-state index is 0.444. The molecule has 0 fully saturated rings. The first-order valence-corrected chi connectivity index (χ1v) is 5.21. The maximum atomic E-state index is 9.85. The van der Waals surface area contributed by atoms with E-state index >= 15 is 0 Å². The molecular weight excluding hydrogens is 174 g/mol. The summed E-state index contributed by atoms with van der Waals surface area (Å²) in [4.78, 5) is 0. The second kappa shape index (κ2) is 3.62. The molecule has 0 aromatic heterocycles. The van der Waals surface area contributed by atoms with Gasteiger partial charge in [0.05, 0.1) is 0 Å². The number of rotatable bonds is 1. The molecule has 1 aliphatic rings. The lowest BCUT2D eigenvalue weighted by atomic mass is 9.83. The minimum Gasteiger partial charge on any atom is -0.508 e. The number of phenolic OH excluding ortho intramolecular Hbond substituents is 1. The Bertz CT molecular complexity index is 333. The van der Waals surface area contributed by atoms with Crippen LogP contribution in [0.25, 0.3) is 0 Å². The number of benzene rings is 1. The van der Waals surface area contributed by atoms with Crippen molar-refractivity contribution >= 4 is 0 Å². The van der Waals surface area contributed by atoms with E-state index in [0.29, 0.717) is 17.6 Å². The average molecular weight is 191 g/mol. The summed E-state index contributed by atoms with van der Waals surface area (Å²) in [5.74, 6) is 1.47. The molecule has 1 aliphatic heterocycles. The maximum Gasteiger partial charge on any atom is 0.119 e. The standard InChI is InChI=1S/C12H17NO/c1-8(2)10-7-13-6-9-4-3-5-11(14)12(9)10/h3-5,8,10,13-14H,6-7H2,1-2H3. The van der Waals surface area contributed by atoms with E-state index in [2.05, 4.69) is 25.2 Å². The highest BCUT2D eigenvalue weighted by Crippen LogP contribution is 2.35. The average Bonchev–Trinajstić information content (AvgIpc) is 2.17. The lowest BCUT2D eigenvalue weighted by molar-refractivity contribution is 0.401. The van der Waals surface area contributed by atoms with Crippen molar-refractivity contribution in [3.8, 4) is 5.75 Å². The van der Waals surface area contributed by atoms with Crippen LogP contribution in [0, 0.1) is 5.92 Å². The van der Waals surface area contributed by atoms with E-state index in [-0.39, 0.29) is 0 Å². The molecule has 0 amide bonds. The fourth-order valence-corrected chi connectivity index (χ4v) is 2.22. The molecular formula is C12H17NO. The highest BCUT2D eigenvalue weighted by Gasteiger charge is 2.24. The molecule has 0 saturated carbocycles. The van der Waals surface area contributed by atoms with Crippen LogP contribution >= 0.6 is 0 Å². The Morgan fingerprint density at radius 3 is 2.93 bits per heavy atom. The van der Waals surface area contributed by atoms with Gasteiger partial charge in [-0.1, -0.05) is 26.0 Å². The van der Waals surface area contributed by atoms with Crippen molar-refractivity contribution in [3.63, 3.8) is 0 Å². The van der Waals surface area contributed by atoms with Crippen LogP contribution in [0.2, 0.25) is 0 Å². The van der Waals surface area contributed by atoms with E-state index in [9.17, 15) is 5.11 Å². The molecule has 1 aromatic carbocycles. The fraction of sp³-hybridized carbons (Fsp3) is 0.500. The van der Waals surface area contributed by atoms with E-state index in [1.165, 1.54) is 5.56 Å². The number of nitrogens with one attached hydrogen (secondary N) is 1. The number of hydrogen-bond donors (Lipinski definition) is 2. The van der Waals surface area contributed by atoms with E-state index in [0.717, 1.165) is 18.7 Å². The second-order valence-electron chi connectivity index (χ2n) is 4.33. The maximum absolute atomic E-state index is 9.85. The van der Waals surface area contributed by atoms with Crippen LogP contribution in [-0.4, -0.2) is 11.7 Å². The van der Waals surface area contributed by atoms with Gasteiger partial charge < -0.3 is 10.4 Å². The molecule has 0 saturated heterocycles. The van der Waals surface area contributed by atoms with E-state index in [1.54, 1.807) is 6.07 Å². The van der Waals surface area contributed by atoms with Crippen LogP contribution < -0.4 is 5.32 Å². The third-order valence-corrected chi connectivity index (χ3v) is 3.03. The summed E-state index contributed by atoms with van der Waals surface area (Å²) in [6.07, 6.45) is 0. The molecule has 2 nitrogen and oxygen atoms in total. The van der Waals surface area contributed by atoms with Gasteiger partial charge >= 0.3 is 0 Å². The second-order valence-corrected chi connectivity index (χ2v) is 4.33. The van der Waals surface area contributed by atoms with Crippen molar-refractivity contribution in [2.24, 2.45) is 5.92 Å². The molecule has 1 atom stereocenters. The third kappa shape index (κ3) is 1.50. The predicted molar refractivity (Wildman–Crippen MR) is 57.4 cm³/mol. The molecule has 2 heteroatoms. The van der Waals surface area contributed by atoms with Crippen molar-refractivity contribution in [2.45, 2.75) is 26.3 Å². The van der Waals surface area contributed by atoms with Gasteiger partial charge in [0.1, 0.15) is 5.75 Å². The quantitative estimate of drug-likeness (QED) is 0.713. The van der Waals surface area contributed by atoms with Crippen molar-refractivity contribution in [1.82, 2.24) is 5.32 Å². The van der Waals surface area contributed by atoms with Gasteiger partial charge in [0.15, 0.2) is 0 Å². The number of phenols is 1. The largest absolute Gasteiger partial charge is 0.508 e. The molecule has 1 heterocycles. The van der Waals surface area contributed by atoms with Crippen LogP contribution in [-0.2, 0) is 6.54 Å². The summed E-state index contributed by atoms with van der Waals surface area (Å²) in [6, 6.07) is 5.80. The summed E-state index contributed by atoms with van der Waals surface area (Å²) < 4.78 is 0. The Hall–Kier alpha value is -1.02. The highest BCUT2D eigenvalue weighted by atomic mass is 16.3. The van der Waals surface area contributed by atoms with Crippen molar-refractivity contribution in [2.75, 3.05) is 6.54 Å². The van der Waals surface area contributed by atoms with Gasteiger partial charge in [0.2, 0.25) is 0 Å². The zero-order valence-electron chi connectivity index (χ0n) is 8.75. The normalized spacial score (nSPS) is 20.9. The summed E-state index contributed by atoms with van der Waals surface area (Å²) in [6.45, 7) is 6.26. The van der Waals surface area contributed by atoms with Crippen molar-refractivity contribution in [3.05, 3.63) is 29.3 Å². The molecule has 76 valence electrons. The van der Waals surface area contributed by atoms with E-state index in [1.807, 2.05) is 6.07 Å². The zero-order chi connectivity index (χ0) is 10.1. The summed E-state index contributed by atoms with van der Waals surface area (Å²) in [5, 5.41) is 13.2. The first-order valence-electron chi connectivity index (χ1n) is 5.21. The number of hydrogen-bond acceptors (Lipinski definition) is 2. The fourth-order valence-electron chi connectivity index (χ4n) is 2.22. The van der Waals surface area contributed by atoms with Crippen LogP contribution in [0.1, 0.15) is 30.9 Å². The van der Waals surface area contributed by atoms with Crippen molar-refractivity contribution < 1.29 is 5.11 Å². The van der Waals surface area contributed by atoms with Crippen molar-refractivity contribution in [1.29, 1.82) is 0 Å². The van der Waals surface area contributed by atoms with Gasteiger partial charge in [0.25, 0.3) is 0 Å². The van der Waals surface area contributed by atoms with E-state index < -0.39 is 0 Å². The minimum absolute atomic E-state index is 0.444. The SMILES string of the molecule is CC(C)C1CNCc2cccc(O)c21. The zero-order valence-corrected chi connectivity index (χ0v) is 8.75. The molecule has 0 aliphatic carbocycles. The molecule has 0 bridgehead atoms. The number of aromatic hydroxyl groups is 1. The predicted octanol–water partition coefficient (Wildman–Crippen LogP) is 2.24. The van der Waals surface area contributed by atoms with E-state index in [4.69, 9.17) is 0 Å². The first kappa shape index (κ1) is 9.53. The third-order valence-electron chi connectivity index (χ3n) is 3.03. The van der Waals surface area contributed by atoms with Gasteiger partial charge in [0, 0.05) is 24.6 Å². The van der Waals surface area contributed by atoms with Gasteiger partial charge in [-0.15, -0.1) is 0 Å². The Morgan fingerprint density at radius 1 is 1.43 bits per heavy atom. The lowest BCUT2D eigenvalue weighted by Crippen LogP contribution is -2.30. The Kier molecular flexibility index (Phi) is 2.46. The number of fused-ring (bicyclic) bond motifs is 1.